The lowest BCUT2D eigenvalue weighted by molar-refractivity contribution is -0.145. The summed E-state index contributed by atoms with van der Waals surface area (Å²) in [5.74, 6) is -1.42. The molecule has 2 aromatic rings. The van der Waals surface area contributed by atoms with Crippen molar-refractivity contribution in [1.29, 1.82) is 0 Å². The highest BCUT2D eigenvalue weighted by Crippen LogP contribution is 2.18. The summed E-state index contributed by atoms with van der Waals surface area (Å²) in [4.78, 5) is 26.2. The molecular weight excluding hydrogens is 357 g/mol. The Balaban J connectivity index is 2.17. The molecule has 0 aliphatic rings. The third kappa shape index (κ3) is 5.30. The van der Waals surface area contributed by atoms with E-state index in [4.69, 9.17) is 16.3 Å². The van der Waals surface area contributed by atoms with Crippen molar-refractivity contribution >= 4 is 23.5 Å². The highest BCUT2D eigenvalue weighted by atomic mass is 35.5. The van der Waals surface area contributed by atoms with Gasteiger partial charge in [0.15, 0.2) is 0 Å². The van der Waals surface area contributed by atoms with Crippen LogP contribution in [0.1, 0.15) is 22.8 Å². The van der Waals surface area contributed by atoms with Crippen molar-refractivity contribution in [2.45, 2.75) is 13.3 Å². The fourth-order valence-corrected chi connectivity index (χ4v) is 2.82. The number of amides is 1. The van der Waals surface area contributed by atoms with Crippen molar-refractivity contribution in [2.24, 2.45) is 5.92 Å². The van der Waals surface area contributed by atoms with Crippen LogP contribution in [0, 0.1) is 11.7 Å². The quantitative estimate of drug-likeness (QED) is 0.686. The molecule has 0 spiro atoms. The van der Waals surface area contributed by atoms with E-state index in [0.29, 0.717) is 23.6 Å². The van der Waals surface area contributed by atoms with Gasteiger partial charge in [-0.15, -0.1) is 0 Å². The van der Waals surface area contributed by atoms with E-state index in [0.717, 1.165) is 5.56 Å². The molecule has 6 heteroatoms. The van der Waals surface area contributed by atoms with Gasteiger partial charge in [-0.2, -0.15) is 0 Å². The third-order valence-electron chi connectivity index (χ3n) is 4.07. The number of rotatable bonds is 7. The third-order valence-corrected chi connectivity index (χ3v) is 4.40. The maximum absolute atomic E-state index is 13.0. The average molecular weight is 378 g/mol. The van der Waals surface area contributed by atoms with Crippen molar-refractivity contribution in [3.8, 4) is 0 Å². The van der Waals surface area contributed by atoms with Crippen molar-refractivity contribution in [3.05, 3.63) is 70.5 Å². The SMILES string of the molecule is COC(=O)C(C)CN(CCc1ccc(F)cc1)C(=O)c1ccccc1Cl. The fraction of sp³-hybridized carbons (Fsp3) is 0.300. The second kappa shape index (κ2) is 9.34. The molecule has 0 saturated heterocycles. The summed E-state index contributed by atoms with van der Waals surface area (Å²) < 4.78 is 17.8. The van der Waals surface area contributed by atoms with Gasteiger partial charge in [0.2, 0.25) is 0 Å². The topological polar surface area (TPSA) is 46.6 Å². The highest BCUT2D eigenvalue weighted by molar-refractivity contribution is 6.33. The summed E-state index contributed by atoms with van der Waals surface area (Å²) in [6, 6.07) is 12.9. The predicted molar refractivity (Wildman–Crippen MR) is 98.6 cm³/mol. The first-order valence-electron chi connectivity index (χ1n) is 8.28. The number of hydrogen-bond acceptors (Lipinski definition) is 3. The molecule has 26 heavy (non-hydrogen) atoms. The molecule has 0 aliphatic carbocycles. The second-order valence-electron chi connectivity index (χ2n) is 6.03. The lowest BCUT2D eigenvalue weighted by atomic mass is 10.1. The molecule has 0 saturated carbocycles. The number of carbonyl (C=O) groups is 2. The smallest absolute Gasteiger partial charge is 0.310 e. The van der Waals surface area contributed by atoms with E-state index >= 15 is 0 Å². The van der Waals surface area contributed by atoms with Crippen LogP contribution in [-0.4, -0.2) is 37.0 Å². The van der Waals surface area contributed by atoms with Gasteiger partial charge in [0.25, 0.3) is 5.91 Å². The fourth-order valence-electron chi connectivity index (χ4n) is 2.60. The molecule has 0 N–H and O–H groups in total. The van der Waals surface area contributed by atoms with E-state index in [9.17, 15) is 14.0 Å². The number of halogens is 2. The van der Waals surface area contributed by atoms with Crippen LogP contribution < -0.4 is 0 Å². The number of ether oxygens (including phenoxy) is 1. The molecule has 0 fully saturated rings. The number of hydrogen-bond donors (Lipinski definition) is 0. The van der Waals surface area contributed by atoms with E-state index < -0.39 is 5.92 Å². The molecule has 0 heterocycles. The monoisotopic (exact) mass is 377 g/mol. The molecular formula is C20H21ClFNO3. The molecule has 1 amide bonds. The van der Waals surface area contributed by atoms with Crippen LogP contribution >= 0.6 is 11.6 Å². The van der Waals surface area contributed by atoms with E-state index in [1.807, 2.05) is 0 Å². The van der Waals surface area contributed by atoms with Gasteiger partial charge < -0.3 is 9.64 Å². The number of benzene rings is 2. The Labute approximate surface area is 157 Å². The minimum absolute atomic E-state index is 0.206. The average Bonchev–Trinajstić information content (AvgIpc) is 2.65. The van der Waals surface area contributed by atoms with E-state index in [2.05, 4.69) is 0 Å². The van der Waals surface area contributed by atoms with Crippen LogP contribution in [0.4, 0.5) is 4.39 Å². The second-order valence-corrected chi connectivity index (χ2v) is 6.44. The number of carbonyl (C=O) groups excluding carboxylic acids is 2. The van der Waals surface area contributed by atoms with Crippen LogP contribution in [0.3, 0.4) is 0 Å². The highest BCUT2D eigenvalue weighted by Gasteiger charge is 2.23. The van der Waals surface area contributed by atoms with Gasteiger partial charge in [0.05, 0.1) is 23.6 Å². The zero-order valence-electron chi connectivity index (χ0n) is 14.7. The first kappa shape index (κ1) is 19.9. The molecule has 2 rings (SSSR count). The Morgan fingerprint density at radius 2 is 1.81 bits per heavy atom. The van der Waals surface area contributed by atoms with Gasteiger partial charge in [-0.1, -0.05) is 42.8 Å². The van der Waals surface area contributed by atoms with Crippen molar-refractivity contribution in [2.75, 3.05) is 20.2 Å². The maximum Gasteiger partial charge on any atom is 0.310 e. The van der Waals surface area contributed by atoms with Gasteiger partial charge in [0.1, 0.15) is 5.82 Å². The summed E-state index contributed by atoms with van der Waals surface area (Å²) in [6.07, 6.45) is 0.532. The standard InChI is InChI=1S/C20H21ClFNO3/c1-14(20(25)26-2)13-23(12-11-15-7-9-16(22)10-8-15)19(24)17-5-3-4-6-18(17)21/h3-10,14H,11-13H2,1-2H3. The lowest BCUT2D eigenvalue weighted by Gasteiger charge is -2.25. The molecule has 4 nitrogen and oxygen atoms in total. The zero-order valence-corrected chi connectivity index (χ0v) is 15.5. The summed E-state index contributed by atoms with van der Waals surface area (Å²) in [5.41, 5.74) is 1.28. The molecule has 0 aliphatic heterocycles. The lowest BCUT2D eigenvalue weighted by Crippen LogP contribution is -2.38. The largest absolute Gasteiger partial charge is 0.469 e. The molecule has 2 aromatic carbocycles. The molecule has 138 valence electrons. The maximum atomic E-state index is 13.0. The summed E-state index contributed by atoms with van der Waals surface area (Å²) in [5, 5.41) is 0.356. The van der Waals surface area contributed by atoms with Gasteiger partial charge in [0, 0.05) is 13.1 Å². The Hall–Kier alpha value is -2.40. The predicted octanol–water partition coefficient (Wildman–Crippen LogP) is 3.97. The van der Waals surface area contributed by atoms with Crippen LogP contribution in [0.5, 0.6) is 0 Å². The first-order valence-corrected chi connectivity index (χ1v) is 8.66. The van der Waals surface area contributed by atoms with Crippen LogP contribution in [0.2, 0.25) is 5.02 Å². The molecule has 0 radical (unpaired) electrons. The van der Waals surface area contributed by atoms with Crippen molar-refractivity contribution in [3.63, 3.8) is 0 Å². The Morgan fingerprint density at radius 3 is 2.42 bits per heavy atom. The first-order chi connectivity index (χ1) is 12.4. The molecule has 1 unspecified atom stereocenters. The minimum atomic E-state index is -0.473. The normalized spacial score (nSPS) is 11.7. The Bertz CT molecular complexity index is 764. The number of nitrogens with zero attached hydrogens (tertiary/aromatic N) is 1. The molecule has 0 bridgehead atoms. The number of esters is 1. The van der Waals surface area contributed by atoms with Gasteiger partial charge in [-0.05, 0) is 36.2 Å². The minimum Gasteiger partial charge on any atom is -0.469 e. The summed E-state index contributed by atoms with van der Waals surface area (Å²) in [7, 11) is 1.32. The zero-order chi connectivity index (χ0) is 19.1. The van der Waals surface area contributed by atoms with Crippen molar-refractivity contribution < 1.29 is 18.7 Å². The van der Waals surface area contributed by atoms with Gasteiger partial charge in [-0.25, -0.2) is 4.39 Å². The Morgan fingerprint density at radius 1 is 1.15 bits per heavy atom. The van der Waals surface area contributed by atoms with E-state index in [1.165, 1.54) is 19.2 Å². The van der Waals surface area contributed by atoms with Gasteiger partial charge >= 0.3 is 5.97 Å². The van der Waals surface area contributed by atoms with Crippen molar-refractivity contribution in [1.82, 2.24) is 4.90 Å². The summed E-state index contributed by atoms with van der Waals surface area (Å²) >= 11 is 6.14. The van der Waals surface area contributed by atoms with Crippen LogP contribution in [0.15, 0.2) is 48.5 Å². The van der Waals surface area contributed by atoms with Gasteiger partial charge in [-0.3, -0.25) is 9.59 Å². The molecule has 1 atom stereocenters. The summed E-state index contributed by atoms with van der Waals surface area (Å²) in [6.45, 7) is 2.28. The van der Waals surface area contributed by atoms with Crippen LogP contribution in [-0.2, 0) is 16.0 Å². The Kier molecular flexibility index (Phi) is 7.16. The van der Waals surface area contributed by atoms with Crippen LogP contribution in [0.25, 0.3) is 0 Å². The van der Waals surface area contributed by atoms with E-state index in [-0.39, 0.29) is 24.2 Å². The van der Waals surface area contributed by atoms with E-state index in [1.54, 1.807) is 48.2 Å². The molecule has 0 aromatic heterocycles. The number of methoxy groups -OCH3 is 1.